The first-order valence-electron chi connectivity index (χ1n) is 6.42. The molecule has 0 spiro atoms. The first-order valence-corrected chi connectivity index (χ1v) is 6.42. The molecule has 0 radical (unpaired) electrons. The van der Waals surface area contributed by atoms with Gasteiger partial charge < -0.3 is 19.7 Å². The molecule has 20 heavy (non-hydrogen) atoms. The molecule has 0 heterocycles. The predicted molar refractivity (Wildman–Crippen MR) is 81.4 cm³/mol. The lowest BCUT2D eigenvalue weighted by molar-refractivity contribution is 0.306. The van der Waals surface area contributed by atoms with Crippen molar-refractivity contribution >= 4 is 18.3 Å². The summed E-state index contributed by atoms with van der Waals surface area (Å²) in [5.41, 5.74) is 2.28. The van der Waals surface area contributed by atoms with Crippen LogP contribution in [0.2, 0.25) is 0 Å². The maximum Gasteiger partial charge on any atom is 0.488 e. The summed E-state index contributed by atoms with van der Waals surface area (Å²) in [5, 5.41) is 18.6. The van der Waals surface area contributed by atoms with E-state index in [2.05, 4.69) is 0 Å². The number of ether oxygens (including phenoxy) is 1. The highest BCUT2D eigenvalue weighted by Crippen LogP contribution is 2.20. The van der Waals surface area contributed by atoms with Gasteiger partial charge in [0.1, 0.15) is 12.4 Å². The minimum Gasteiger partial charge on any atom is -0.489 e. The van der Waals surface area contributed by atoms with Crippen molar-refractivity contribution in [2.24, 2.45) is 0 Å². The molecule has 5 heteroatoms. The van der Waals surface area contributed by atoms with Gasteiger partial charge in [0.2, 0.25) is 0 Å². The largest absolute Gasteiger partial charge is 0.489 e. The van der Waals surface area contributed by atoms with Crippen LogP contribution >= 0.6 is 0 Å². The number of hydrogen-bond donors (Lipinski definition) is 2. The van der Waals surface area contributed by atoms with Crippen LogP contribution in [-0.4, -0.2) is 31.3 Å². The molecule has 0 aliphatic carbocycles. The van der Waals surface area contributed by atoms with Gasteiger partial charge in [-0.25, -0.2) is 0 Å². The molecule has 0 amide bonds. The van der Waals surface area contributed by atoms with Crippen LogP contribution < -0.4 is 15.1 Å². The molecule has 0 unspecified atom stereocenters. The summed E-state index contributed by atoms with van der Waals surface area (Å²) < 4.78 is 5.72. The molecule has 0 saturated carbocycles. The Labute approximate surface area is 119 Å². The number of anilines is 1. The molecule has 0 aliphatic rings. The number of nitrogens with zero attached hydrogens (tertiary/aromatic N) is 1. The van der Waals surface area contributed by atoms with E-state index in [0.717, 1.165) is 17.0 Å². The van der Waals surface area contributed by atoms with Crippen molar-refractivity contribution in [1.29, 1.82) is 0 Å². The van der Waals surface area contributed by atoms with Gasteiger partial charge in [-0.05, 0) is 23.2 Å². The summed E-state index contributed by atoms with van der Waals surface area (Å²) in [4.78, 5) is 2.00. The molecular weight excluding hydrogens is 253 g/mol. The van der Waals surface area contributed by atoms with Crippen molar-refractivity contribution in [1.82, 2.24) is 0 Å². The van der Waals surface area contributed by atoms with E-state index in [1.165, 1.54) is 0 Å². The Bertz CT molecular complexity index is 573. The highest BCUT2D eigenvalue weighted by molar-refractivity contribution is 6.59. The van der Waals surface area contributed by atoms with Crippen LogP contribution in [0.4, 0.5) is 5.69 Å². The van der Waals surface area contributed by atoms with Gasteiger partial charge in [0, 0.05) is 25.8 Å². The Morgan fingerprint density at radius 3 is 2.50 bits per heavy atom. The van der Waals surface area contributed by atoms with Crippen molar-refractivity contribution in [3.8, 4) is 5.75 Å². The Hall–Kier alpha value is -1.98. The van der Waals surface area contributed by atoms with Gasteiger partial charge >= 0.3 is 7.12 Å². The summed E-state index contributed by atoms with van der Waals surface area (Å²) in [7, 11) is 2.45. The summed E-state index contributed by atoms with van der Waals surface area (Å²) in [5.74, 6) is 0.749. The second-order valence-corrected chi connectivity index (χ2v) is 4.75. The molecule has 4 nitrogen and oxygen atoms in total. The quantitative estimate of drug-likeness (QED) is 0.797. The van der Waals surface area contributed by atoms with E-state index >= 15 is 0 Å². The summed E-state index contributed by atoms with van der Waals surface area (Å²) in [6, 6.07) is 14.9. The van der Waals surface area contributed by atoms with Gasteiger partial charge in [-0.15, -0.1) is 0 Å². The first-order chi connectivity index (χ1) is 9.58. The minimum atomic E-state index is -1.48. The summed E-state index contributed by atoms with van der Waals surface area (Å²) in [6.45, 7) is 0.296. The van der Waals surface area contributed by atoms with Crippen molar-refractivity contribution < 1.29 is 14.8 Å². The third-order valence-electron chi connectivity index (χ3n) is 3.06. The van der Waals surface area contributed by atoms with Crippen molar-refractivity contribution in [2.45, 2.75) is 6.61 Å². The molecule has 2 N–H and O–H groups in total. The van der Waals surface area contributed by atoms with Gasteiger partial charge in [0.15, 0.2) is 0 Å². The van der Waals surface area contributed by atoms with Gasteiger partial charge in [0.05, 0.1) is 0 Å². The fraction of sp³-hybridized carbons (Fsp3) is 0.200. The van der Waals surface area contributed by atoms with Crippen LogP contribution in [0.15, 0.2) is 48.5 Å². The van der Waals surface area contributed by atoms with Crippen LogP contribution in [-0.2, 0) is 6.61 Å². The lowest BCUT2D eigenvalue weighted by Crippen LogP contribution is -2.33. The lowest BCUT2D eigenvalue weighted by atomic mass is 9.77. The molecule has 0 bridgehead atoms. The van der Waals surface area contributed by atoms with Crippen molar-refractivity contribution in [3.63, 3.8) is 0 Å². The molecule has 0 aliphatic heterocycles. The Morgan fingerprint density at radius 1 is 1.05 bits per heavy atom. The molecule has 2 aromatic rings. The van der Waals surface area contributed by atoms with E-state index in [0.29, 0.717) is 12.1 Å². The third-order valence-corrected chi connectivity index (χ3v) is 3.06. The molecule has 0 aromatic heterocycles. The van der Waals surface area contributed by atoms with Gasteiger partial charge in [-0.3, -0.25) is 0 Å². The summed E-state index contributed by atoms with van der Waals surface area (Å²) >= 11 is 0. The first kappa shape index (κ1) is 14.4. The van der Waals surface area contributed by atoms with Crippen LogP contribution in [0.1, 0.15) is 5.56 Å². The van der Waals surface area contributed by atoms with E-state index in [-0.39, 0.29) is 0 Å². The van der Waals surface area contributed by atoms with Gasteiger partial charge in [-0.2, -0.15) is 0 Å². The predicted octanol–water partition coefficient (Wildman–Crippen LogP) is 1.01. The average Bonchev–Trinajstić information content (AvgIpc) is 2.45. The molecule has 2 aromatic carbocycles. The average molecular weight is 271 g/mol. The fourth-order valence-corrected chi connectivity index (χ4v) is 1.93. The molecule has 104 valence electrons. The maximum atomic E-state index is 9.31. The van der Waals surface area contributed by atoms with Gasteiger partial charge in [-0.1, -0.05) is 30.3 Å². The number of rotatable bonds is 5. The minimum absolute atomic E-state index is 0.296. The van der Waals surface area contributed by atoms with E-state index in [1.807, 2.05) is 55.4 Å². The Balaban J connectivity index is 2.11. The molecular formula is C15H18BNO3. The third kappa shape index (κ3) is 3.53. The van der Waals surface area contributed by atoms with Crippen molar-refractivity contribution in [2.75, 3.05) is 19.0 Å². The summed E-state index contributed by atoms with van der Waals surface area (Å²) in [6.07, 6.45) is 0. The molecule has 0 saturated heterocycles. The number of hydrogen-bond acceptors (Lipinski definition) is 4. The maximum absolute atomic E-state index is 9.31. The highest BCUT2D eigenvalue weighted by Gasteiger charge is 2.15. The van der Waals surface area contributed by atoms with Gasteiger partial charge in [0.25, 0.3) is 0 Å². The SMILES string of the molecule is CN(C)c1cccc(OCc2ccccc2B(O)O)c1. The highest BCUT2D eigenvalue weighted by atomic mass is 16.5. The second kappa shape index (κ2) is 6.46. The standard InChI is InChI=1S/C15H18BNO3/c1-17(2)13-7-5-8-14(10-13)20-11-12-6-3-4-9-15(12)16(18)19/h3-10,18-19H,11H2,1-2H3. The lowest BCUT2D eigenvalue weighted by Gasteiger charge is -2.15. The van der Waals surface area contributed by atoms with Crippen LogP contribution in [0.3, 0.4) is 0 Å². The monoisotopic (exact) mass is 271 g/mol. The Morgan fingerprint density at radius 2 is 1.80 bits per heavy atom. The fourth-order valence-electron chi connectivity index (χ4n) is 1.93. The normalized spacial score (nSPS) is 10.2. The second-order valence-electron chi connectivity index (χ2n) is 4.75. The molecule has 2 rings (SSSR count). The molecule has 0 atom stereocenters. The smallest absolute Gasteiger partial charge is 0.488 e. The number of benzene rings is 2. The van der Waals surface area contributed by atoms with Crippen LogP contribution in [0.5, 0.6) is 5.75 Å². The van der Waals surface area contributed by atoms with E-state index in [1.54, 1.807) is 12.1 Å². The van der Waals surface area contributed by atoms with Crippen LogP contribution in [0.25, 0.3) is 0 Å². The van der Waals surface area contributed by atoms with Crippen molar-refractivity contribution in [3.05, 3.63) is 54.1 Å². The zero-order chi connectivity index (χ0) is 14.5. The Kier molecular flexibility index (Phi) is 4.66. The zero-order valence-corrected chi connectivity index (χ0v) is 11.7. The van der Waals surface area contributed by atoms with E-state index in [9.17, 15) is 10.0 Å². The van der Waals surface area contributed by atoms with Crippen LogP contribution in [0, 0.1) is 0 Å². The van der Waals surface area contributed by atoms with E-state index in [4.69, 9.17) is 4.74 Å². The van der Waals surface area contributed by atoms with E-state index < -0.39 is 7.12 Å². The zero-order valence-electron chi connectivity index (χ0n) is 11.7. The molecule has 0 fully saturated rings. The topological polar surface area (TPSA) is 52.9 Å².